The Morgan fingerprint density at radius 1 is 1.09 bits per heavy atom. The summed E-state index contributed by atoms with van der Waals surface area (Å²) in [5, 5.41) is 0. The highest BCUT2D eigenvalue weighted by Crippen LogP contribution is 2.33. The molecule has 0 aliphatic heterocycles. The van der Waals surface area contributed by atoms with Gasteiger partial charge in [-0.3, -0.25) is 4.98 Å². The van der Waals surface area contributed by atoms with Crippen LogP contribution in [-0.4, -0.2) is 4.98 Å². The molecule has 1 aliphatic carbocycles. The van der Waals surface area contributed by atoms with Gasteiger partial charge in [0.05, 0.1) is 0 Å². The molecule has 1 saturated carbocycles. The van der Waals surface area contributed by atoms with Crippen LogP contribution in [-0.2, 0) is 6.42 Å². The maximum absolute atomic E-state index is 4.68. The third-order valence-corrected chi connectivity index (χ3v) is 4.66. The van der Waals surface area contributed by atoms with Gasteiger partial charge in [0.2, 0.25) is 0 Å². The van der Waals surface area contributed by atoms with Gasteiger partial charge in [-0.15, -0.1) is 0 Å². The summed E-state index contributed by atoms with van der Waals surface area (Å²) in [7, 11) is 0. The molecule has 0 atom stereocenters. The zero-order valence-corrected chi connectivity index (χ0v) is 13.9. The number of nitrogens with zero attached hydrogens (tertiary/aromatic N) is 1. The van der Waals surface area contributed by atoms with E-state index in [9.17, 15) is 0 Å². The second kappa shape index (κ2) is 7.92. The molecule has 1 heterocycles. The Morgan fingerprint density at radius 3 is 2.52 bits per heavy atom. The molecule has 0 saturated heterocycles. The van der Waals surface area contributed by atoms with Gasteiger partial charge in [0, 0.05) is 18.3 Å². The van der Waals surface area contributed by atoms with Crippen LogP contribution in [0.1, 0.15) is 55.3 Å². The lowest BCUT2D eigenvalue weighted by atomic mass is 9.99. The van der Waals surface area contributed by atoms with E-state index in [-0.39, 0.29) is 0 Å². The van der Waals surface area contributed by atoms with Crippen LogP contribution in [0.3, 0.4) is 0 Å². The van der Waals surface area contributed by atoms with E-state index in [2.05, 4.69) is 78.8 Å². The van der Waals surface area contributed by atoms with Crippen LogP contribution in [0.4, 0.5) is 0 Å². The summed E-state index contributed by atoms with van der Waals surface area (Å²) in [6.45, 7) is 2.06. The largest absolute Gasteiger partial charge is 0.261 e. The van der Waals surface area contributed by atoms with E-state index in [1.807, 2.05) is 0 Å². The SMILES string of the molecule is C/C=C\C(=C/Cc1ccc(C2CCCC2)cn1)c1ccccc1. The standard InChI is InChI=1S/C22H25N/c1-2-8-18(19-9-4-3-5-10-19)13-15-22-16-14-21(17-23-22)20-11-6-7-12-20/h2-5,8-10,13-14,16-17,20H,6-7,11-12,15H2,1H3/b8-2-,18-13+. The van der Waals surface area contributed by atoms with Crippen LogP contribution < -0.4 is 0 Å². The van der Waals surface area contributed by atoms with Crippen LogP contribution in [0.2, 0.25) is 0 Å². The highest BCUT2D eigenvalue weighted by Gasteiger charge is 2.16. The molecule has 3 rings (SSSR count). The van der Waals surface area contributed by atoms with Crippen LogP contribution in [0.15, 0.2) is 66.9 Å². The average Bonchev–Trinajstić information content (AvgIpc) is 3.14. The first kappa shape index (κ1) is 15.7. The van der Waals surface area contributed by atoms with E-state index in [1.165, 1.54) is 42.4 Å². The van der Waals surface area contributed by atoms with Gasteiger partial charge in [-0.2, -0.15) is 0 Å². The van der Waals surface area contributed by atoms with Crippen molar-refractivity contribution in [3.05, 3.63) is 83.7 Å². The number of hydrogen-bond donors (Lipinski definition) is 0. The highest BCUT2D eigenvalue weighted by molar-refractivity contribution is 5.73. The molecule has 0 N–H and O–H groups in total. The second-order valence-electron chi connectivity index (χ2n) is 6.29. The molecule has 0 spiro atoms. The van der Waals surface area contributed by atoms with Gasteiger partial charge in [0.1, 0.15) is 0 Å². The Kier molecular flexibility index (Phi) is 5.42. The number of pyridine rings is 1. The molecule has 1 nitrogen and oxygen atoms in total. The summed E-state index contributed by atoms with van der Waals surface area (Å²) in [6.07, 6.45) is 14.9. The third kappa shape index (κ3) is 4.19. The van der Waals surface area contributed by atoms with Gasteiger partial charge < -0.3 is 0 Å². The van der Waals surface area contributed by atoms with Gasteiger partial charge >= 0.3 is 0 Å². The molecule has 1 heteroatoms. The molecular weight excluding hydrogens is 278 g/mol. The number of aromatic nitrogens is 1. The van der Waals surface area contributed by atoms with Crippen molar-refractivity contribution < 1.29 is 0 Å². The number of hydrogen-bond acceptors (Lipinski definition) is 1. The van der Waals surface area contributed by atoms with Crippen molar-refractivity contribution in [3.8, 4) is 0 Å². The van der Waals surface area contributed by atoms with Gasteiger partial charge in [-0.25, -0.2) is 0 Å². The van der Waals surface area contributed by atoms with Crippen molar-refractivity contribution in [1.82, 2.24) is 4.98 Å². The minimum absolute atomic E-state index is 0.745. The monoisotopic (exact) mass is 303 g/mol. The first-order chi connectivity index (χ1) is 11.4. The molecule has 0 bridgehead atoms. The lowest BCUT2D eigenvalue weighted by Gasteiger charge is -2.09. The molecule has 23 heavy (non-hydrogen) atoms. The van der Waals surface area contributed by atoms with Gasteiger partial charge in [0.25, 0.3) is 0 Å². The minimum atomic E-state index is 0.745. The topological polar surface area (TPSA) is 12.9 Å². The van der Waals surface area contributed by atoms with Crippen molar-refractivity contribution in [2.45, 2.75) is 44.9 Å². The second-order valence-corrected chi connectivity index (χ2v) is 6.29. The lowest BCUT2D eigenvalue weighted by molar-refractivity contribution is 0.718. The summed E-state index contributed by atoms with van der Waals surface area (Å²) in [4.78, 5) is 4.68. The van der Waals surface area contributed by atoms with E-state index in [4.69, 9.17) is 0 Å². The summed E-state index contributed by atoms with van der Waals surface area (Å²) in [6, 6.07) is 15.0. The average molecular weight is 303 g/mol. The zero-order chi connectivity index (χ0) is 15.9. The summed E-state index contributed by atoms with van der Waals surface area (Å²) in [5.74, 6) is 0.745. The normalized spacial score (nSPS) is 16.3. The van der Waals surface area contributed by atoms with Crippen molar-refractivity contribution in [2.24, 2.45) is 0 Å². The van der Waals surface area contributed by atoms with Crippen LogP contribution in [0.5, 0.6) is 0 Å². The first-order valence-corrected chi connectivity index (χ1v) is 8.70. The number of rotatable bonds is 5. The lowest BCUT2D eigenvalue weighted by Crippen LogP contribution is -1.95. The van der Waals surface area contributed by atoms with Gasteiger partial charge in [0.15, 0.2) is 0 Å². The molecule has 1 fully saturated rings. The summed E-state index contributed by atoms with van der Waals surface area (Å²) < 4.78 is 0. The Balaban J connectivity index is 1.72. The fraction of sp³-hybridized carbons (Fsp3) is 0.318. The molecule has 0 radical (unpaired) electrons. The molecular formula is C22H25N. The first-order valence-electron chi connectivity index (χ1n) is 8.70. The molecule has 1 aliphatic rings. The number of benzene rings is 1. The molecule has 0 unspecified atom stereocenters. The third-order valence-electron chi connectivity index (χ3n) is 4.66. The Labute approximate surface area is 139 Å². The van der Waals surface area contributed by atoms with Crippen molar-refractivity contribution in [1.29, 1.82) is 0 Å². The van der Waals surface area contributed by atoms with E-state index in [0.717, 1.165) is 18.0 Å². The smallest absolute Gasteiger partial charge is 0.0441 e. The number of allylic oxidation sites excluding steroid dienone is 4. The van der Waals surface area contributed by atoms with E-state index >= 15 is 0 Å². The predicted molar refractivity (Wildman–Crippen MR) is 98.4 cm³/mol. The fourth-order valence-corrected chi connectivity index (χ4v) is 3.36. The quantitative estimate of drug-likeness (QED) is 0.623. The Morgan fingerprint density at radius 2 is 1.87 bits per heavy atom. The molecule has 0 amide bonds. The maximum atomic E-state index is 4.68. The molecule has 118 valence electrons. The van der Waals surface area contributed by atoms with E-state index < -0.39 is 0 Å². The Hall–Kier alpha value is -2.15. The van der Waals surface area contributed by atoms with Crippen molar-refractivity contribution in [2.75, 3.05) is 0 Å². The Bertz CT molecular complexity index is 659. The summed E-state index contributed by atoms with van der Waals surface area (Å²) >= 11 is 0. The van der Waals surface area contributed by atoms with Crippen molar-refractivity contribution >= 4 is 5.57 Å². The zero-order valence-electron chi connectivity index (χ0n) is 13.9. The maximum Gasteiger partial charge on any atom is 0.0441 e. The van der Waals surface area contributed by atoms with Gasteiger partial charge in [-0.1, -0.05) is 67.5 Å². The van der Waals surface area contributed by atoms with Crippen molar-refractivity contribution in [3.63, 3.8) is 0 Å². The fourth-order valence-electron chi connectivity index (χ4n) is 3.36. The molecule has 1 aromatic heterocycles. The molecule has 2 aromatic rings. The molecule has 1 aromatic carbocycles. The van der Waals surface area contributed by atoms with Crippen LogP contribution in [0, 0.1) is 0 Å². The van der Waals surface area contributed by atoms with Crippen LogP contribution in [0.25, 0.3) is 5.57 Å². The van der Waals surface area contributed by atoms with E-state index in [1.54, 1.807) is 0 Å². The minimum Gasteiger partial charge on any atom is -0.261 e. The van der Waals surface area contributed by atoms with Gasteiger partial charge in [-0.05, 0) is 48.4 Å². The van der Waals surface area contributed by atoms with E-state index in [0.29, 0.717) is 0 Å². The van der Waals surface area contributed by atoms with Crippen LogP contribution >= 0.6 is 0 Å². The predicted octanol–water partition coefficient (Wildman–Crippen LogP) is 5.94. The highest BCUT2D eigenvalue weighted by atomic mass is 14.7. The summed E-state index contributed by atoms with van der Waals surface area (Å²) in [5.41, 5.74) is 5.08.